The Bertz CT molecular complexity index is 635. The maximum absolute atomic E-state index is 12.0. The number of hydrogen-bond donors (Lipinski definition) is 1. The molecule has 1 rings (SSSR count). The van der Waals surface area contributed by atoms with E-state index in [1.54, 1.807) is 33.8 Å². The normalized spacial score (nSPS) is 13.6. The summed E-state index contributed by atoms with van der Waals surface area (Å²) in [4.78, 5) is 11.9. The molecule has 21 heavy (non-hydrogen) atoms. The molecule has 1 unspecified atom stereocenters. The molecule has 118 valence electrons. The van der Waals surface area contributed by atoms with Gasteiger partial charge >= 0.3 is 0 Å². The molecule has 0 aliphatic rings. The van der Waals surface area contributed by atoms with Crippen LogP contribution >= 0.6 is 10.7 Å². The molecule has 0 aliphatic heterocycles. The van der Waals surface area contributed by atoms with E-state index in [1.165, 1.54) is 19.2 Å². The number of nitrogens with one attached hydrogen (secondary N) is 1. The molecule has 1 atom stereocenters. The van der Waals surface area contributed by atoms with Crippen LogP contribution < -0.4 is 10.1 Å². The summed E-state index contributed by atoms with van der Waals surface area (Å²) in [5.74, 6) is 0.0456. The Morgan fingerprint density at radius 1 is 1.33 bits per heavy atom. The molecular weight excluding hydrogens is 314 g/mol. The van der Waals surface area contributed by atoms with Gasteiger partial charge in [-0.2, -0.15) is 0 Å². The number of methoxy groups -OCH3 is 1. The summed E-state index contributed by atoms with van der Waals surface area (Å²) in [7, 11) is 2.84. The monoisotopic (exact) mass is 333 g/mol. The second-order valence-corrected chi connectivity index (χ2v) is 8.33. The van der Waals surface area contributed by atoms with E-state index in [1.807, 2.05) is 0 Å². The van der Waals surface area contributed by atoms with Crippen LogP contribution in [0.5, 0.6) is 5.75 Å². The van der Waals surface area contributed by atoms with Gasteiger partial charge in [-0.1, -0.05) is 26.8 Å². The van der Waals surface area contributed by atoms with E-state index in [9.17, 15) is 13.2 Å². The first-order valence-electron chi connectivity index (χ1n) is 6.40. The molecule has 1 aromatic carbocycles. The summed E-state index contributed by atoms with van der Waals surface area (Å²) in [6.07, 6.45) is 0. The highest BCUT2D eigenvalue weighted by atomic mass is 35.7. The lowest BCUT2D eigenvalue weighted by atomic mass is 9.94. The first kappa shape index (κ1) is 17.8. The van der Waals surface area contributed by atoms with E-state index in [0.717, 1.165) is 0 Å². The van der Waals surface area contributed by atoms with E-state index < -0.39 is 14.5 Å². The first-order valence-corrected chi connectivity index (χ1v) is 8.71. The molecule has 0 saturated heterocycles. The van der Waals surface area contributed by atoms with E-state index >= 15 is 0 Å². The topological polar surface area (TPSA) is 72.5 Å². The van der Waals surface area contributed by atoms with Crippen molar-refractivity contribution in [3.63, 3.8) is 0 Å². The molecule has 0 radical (unpaired) electrons. The van der Waals surface area contributed by atoms with Gasteiger partial charge in [0.25, 0.3) is 9.05 Å². The fourth-order valence-corrected chi connectivity index (χ4v) is 2.68. The number of carbonyl (C=O) groups excluding carboxylic acids is 1. The lowest BCUT2D eigenvalue weighted by Gasteiger charge is -2.22. The average Bonchev–Trinajstić information content (AvgIpc) is 2.35. The Kier molecular flexibility index (Phi) is 5.28. The van der Waals surface area contributed by atoms with Crippen molar-refractivity contribution in [2.75, 3.05) is 7.11 Å². The number of halogens is 1. The van der Waals surface area contributed by atoms with Crippen LogP contribution in [0.3, 0.4) is 0 Å². The highest BCUT2D eigenvalue weighted by Crippen LogP contribution is 2.30. The minimum absolute atomic E-state index is 0.110. The first-order chi connectivity index (χ1) is 9.46. The van der Waals surface area contributed by atoms with Gasteiger partial charge in [-0.15, -0.1) is 0 Å². The van der Waals surface area contributed by atoms with Crippen LogP contribution in [0.1, 0.15) is 39.3 Å². The number of hydrogen-bond acceptors (Lipinski definition) is 4. The molecule has 0 saturated carbocycles. The van der Waals surface area contributed by atoms with Gasteiger partial charge < -0.3 is 10.1 Å². The highest BCUT2D eigenvalue weighted by molar-refractivity contribution is 8.13. The van der Waals surface area contributed by atoms with E-state index in [4.69, 9.17) is 15.4 Å². The van der Waals surface area contributed by atoms with Crippen LogP contribution in [0.4, 0.5) is 0 Å². The Hall–Kier alpha value is -1.27. The van der Waals surface area contributed by atoms with Crippen molar-refractivity contribution in [3.05, 3.63) is 23.8 Å². The van der Waals surface area contributed by atoms with Crippen LogP contribution in [-0.4, -0.2) is 21.4 Å². The Labute approximate surface area is 130 Å². The van der Waals surface area contributed by atoms with Crippen LogP contribution in [0, 0.1) is 5.41 Å². The SMILES string of the molecule is COc1ccc(C(C)NC(=O)C(C)(C)C)cc1S(=O)(=O)Cl. The summed E-state index contributed by atoms with van der Waals surface area (Å²) in [5, 5.41) is 2.83. The second kappa shape index (κ2) is 6.23. The highest BCUT2D eigenvalue weighted by Gasteiger charge is 2.24. The summed E-state index contributed by atoms with van der Waals surface area (Å²) < 4.78 is 28.1. The van der Waals surface area contributed by atoms with E-state index in [-0.39, 0.29) is 22.6 Å². The predicted octanol–water partition coefficient (Wildman–Crippen LogP) is 2.85. The number of rotatable bonds is 4. The number of ether oxygens (including phenoxy) is 1. The third-order valence-corrected chi connectivity index (χ3v) is 4.32. The second-order valence-electron chi connectivity index (χ2n) is 5.79. The summed E-state index contributed by atoms with van der Waals surface area (Å²) in [5.41, 5.74) is 0.106. The van der Waals surface area contributed by atoms with Crippen LogP contribution in [0.25, 0.3) is 0 Å². The quantitative estimate of drug-likeness (QED) is 0.860. The molecule has 1 N–H and O–H groups in total. The summed E-state index contributed by atoms with van der Waals surface area (Å²) in [6, 6.07) is 4.27. The number of carbonyl (C=O) groups is 1. The molecule has 5 nitrogen and oxygen atoms in total. The minimum Gasteiger partial charge on any atom is -0.495 e. The molecule has 0 spiro atoms. The average molecular weight is 334 g/mol. The van der Waals surface area contributed by atoms with Crippen molar-refractivity contribution in [1.82, 2.24) is 5.32 Å². The van der Waals surface area contributed by atoms with Crippen molar-refractivity contribution in [2.45, 2.75) is 38.6 Å². The Morgan fingerprint density at radius 3 is 2.33 bits per heavy atom. The van der Waals surface area contributed by atoms with Crippen LogP contribution in [0.2, 0.25) is 0 Å². The maximum Gasteiger partial charge on any atom is 0.264 e. The fourth-order valence-electron chi connectivity index (χ4n) is 1.65. The molecule has 0 bridgehead atoms. The number of benzene rings is 1. The maximum atomic E-state index is 12.0. The molecule has 0 fully saturated rings. The summed E-state index contributed by atoms with van der Waals surface area (Å²) >= 11 is 0. The molecule has 1 aromatic rings. The van der Waals surface area contributed by atoms with Gasteiger partial charge in [0, 0.05) is 16.1 Å². The Balaban J connectivity index is 3.13. The largest absolute Gasteiger partial charge is 0.495 e. The zero-order chi connectivity index (χ0) is 16.4. The third-order valence-electron chi connectivity index (χ3n) is 2.98. The van der Waals surface area contributed by atoms with Gasteiger partial charge in [0.05, 0.1) is 13.2 Å². The molecule has 0 heterocycles. The van der Waals surface area contributed by atoms with Crippen LogP contribution in [0.15, 0.2) is 23.1 Å². The molecule has 7 heteroatoms. The van der Waals surface area contributed by atoms with Gasteiger partial charge in [0.1, 0.15) is 10.6 Å². The number of amides is 1. The van der Waals surface area contributed by atoms with E-state index in [2.05, 4.69) is 5.32 Å². The van der Waals surface area contributed by atoms with Gasteiger partial charge in [-0.3, -0.25) is 4.79 Å². The van der Waals surface area contributed by atoms with Gasteiger partial charge in [0.15, 0.2) is 0 Å². The minimum atomic E-state index is -3.92. The van der Waals surface area contributed by atoms with Gasteiger partial charge in [-0.05, 0) is 24.6 Å². The lowest BCUT2D eigenvalue weighted by Crippen LogP contribution is -2.36. The fraction of sp³-hybridized carbons (Fsp3) is 0.500. The predicted molar refractivity (Wildman–Crippen MR) is 82.0 cm³/mol. The molecular formula is C14H20ClNO4S. The zero-order valence-electron chi connectivity index (χ0n) is 12.7. The van der Waals surface area contributed by atoms with E-state index in [0.29, 0.717) is 5.56 Å². The van der Waals surface area contributed by atoms with Crippen molar-refractivity contribution in [1.29, 1.82) is 0 Å². The Morgan fingerprint density at radius 2 is 1.90 bits per heavy atom. The van der Waals surface area contributed by atoms with Gasteiger partial charge in [-0.25, -0.2) is 8.42 Å². The third kappa shape index (κ3) is 4.61. The van der Waals surface area contributed by atoms with Gasteiger partial charge in [0.2, 0.25) is 5.91 Å². The molecule has 0 aromatic heterocycles. The standard InChI is InChI=1S/C14H20ClNO4S/c1-9(16-13(17)14(2,3)4)10-6-7-11(20-5)12(8-10)21(15,18)19/h6-9H,1-5H3,(H,16,17). The molecule has 0 aliphatic carbocycles. The summed E-state index contributed by atoms with van der Waals surface area (Å²) in [6.45, 7) is 7.18. The lowest BCUT2D eigenvalue weighted by molar-refractivity contribution is -0.129. The molecule has 1 amide bonds. The van der Waals surface area contributed by atoms with Crippen molar-refractivity contribution in [3.8, 4) is 5.75 Å². The van der Waals surface area contributed by atoms with Crippen molar-refractivity contribution < 1.29 is 17.9 Å². The van der Waals surface area contributed by atoms with Crippen molar-refractivity contribution >= 4 is 25.6 Å². The van der Waals surface area contributed by atoms with Crippen LogP contribution in [-0.2, 0) is 13.8 Å². The van der Waals surface area contributed by atoms with Crippen molar-refractivity contribution in [2.24, 2.45) is 5.41 Å². The smallest absolute Gasteiger partial charge is 0.264 e. The zero-order valence-corrected chi connectivity index (χ0v) is 14.3.